The van der Waals surface area contributed by atoms with Gasteiger partial charge in [-0.3, -0.25) is 4.79 Å². The number of rotatable bonds is 3. The Morgan fingerprint density at radius 3 is 2.53 bits per heavy atom. The number of amides is 1. The van der Waals surface area contributed by atoms with Gasteiger partial charge in [-0.1, -0.05) is 19.3 Å². The molecule has 1 aliphatic rings. The predicted molar refractivity (Wildman–Crippen MR) is 66.0 cm³/mol. The number of carbonyl (C=O) groups excluding carboxylic acids is 1. The number of hydrogen-bond acceptors (Lipinski definition) is 3. The highest BCUT2D eigenvalue weighted by Crippen LogP contribution is 2.29. The minimum absolute atomic E-state index is 0.131. The van der Waals surface area contributed by atoms with Crippen LogP contribution in [-0.4, -0.2) is 27.3 Å². The van der Waals surface area contributed by atoms with Gasteiger partial charge in [0.05, 0.1) is 11.1 Å². The zero-order valence-electron chi connectivity index (χ0n) is 9.66. The van der Waals surface area contributed by atoms with Gasteiger partial charge in [0, 0.05) is 18.3 Å². The van der Waals surface area contributed by atoms with E-state index in [1.807, 2.05) is 0 Å². The van der Waals surface area contributed by atoms with Crippen molar-refractivity contribution in [2.24, 2.45) is 0 Å². The van der Waals surface area contributed by atoms with Gasteiger partial charge in [0.25, 0.3) is 5.91 Å². The average Bonchev–Trinajstić information content (AvgIpc) is 2.41. The first kappa shape index (κ1) is 12.3. The maximum Gasteiger partial charge on any atom is 0.254 e. The van der Waals surface area contributed by atoms with Crippen LogP contribution in [0.15, 0.2) is 18.7 Å². The van der Waals surface area contributed by atoms with E-state index in [-0.39, 0.29) is 11.4 Å². The van der Waals surface area contributed by atoms with Crippen LogP contribution in [0.2, 0.25) is 0 Å². The molecule has 0 bridgehead atoms. The molecule has 1 heterocycles. The number of hydrogen-bond donors (Lipinski definition) is 1. The minimum Gasteiger partial charge on any atom is -0.345 e. The van der Waals surface area contributed by atoms with Gasteiger partial charge in [0.1, 0.15) is 6.33 Å². The molecule has 1 fully saturated rings. The van der Waals surface area contributed by atoms with E-state index in [4.69, 9.17) is 11.6 Å². The third-order valence-electron chi connectivity index (χ3n) is 3.27. The lowest BCUT2D eigenvalue weighted by molar-refractivity contribution is 0.0884. The fourth-order valence-electron chi connectivity index (χ4n) is 2.25. The Balaban J connectivity index is 2.06. The molecule has 0 unspecified atom stereocenters. The monoisotopic (exact) mass is 253 g/mol. The van der Waals surface area contributed by atoms with Crippen molar-refractivity contribution >= 4 is 17.5 Å². The second-order valence-corrected chi connectivity index (χ2v) is 4.82. The summed E-state index contributed by atoms with van der Waals surface area (Å²) < 4.78 is 0. The van der Waals surface area contributed by atoms with Crippen LogP contribution in [0.5, 0.6) is 0 Å². The lowest BCUT2D eigenvalue weighted by Gasteiger charge is -2.36. The number of aromatic nitrogens is 2. The van der Waals surface area contributed by atoms with E-state index in [1.54, 1.807) is 0 Å². The number of halogens is 1. The number of nitrogens with one attached hydrogen (secondary N) is 1. The largest absolute Gasteiger partial charge is 0.345 e. The summed E-state index contributed by atoms with van der Waals surface area (Å²) in [6.07, 6.45) is 9.83. The molecule has 1 aliphatic carbocycles. The van der Waals surface area contributed by atoms with Gasteiger partial charge >= 0.3 is 0 Å². The van der Waals surface area contributed by atoms with Crippen molar-refractivity contribution < 1.29 is 4.79 Å². The van der Waals surface area contributed by atoms with Gasteiger partial charge < -0.3 is 5.32 Å². The standard InChI is InChI=1S/C12H16ClN3O/c13-8-12(4-2-1-3-5-12)16-11(17)10-6-14-9-15-7-10/h6-7,9H,1-5,8H2,(H,16,17). The average molecular weight is 254 g/mol. The maximum absolute atomic E-state index is 12.0. The van der Waals surface area contributed by atoms with E-state index < -0.39 is 0 Å². The normalized spacial score (nSPS) is 18.6. The Hall–Kier alpha value is -1.16. The van der Waals surface area contributed by atoms with Crippen molar-refractivity contribution in [1.82, 2.24) is 15.3 Å². The highest BCUT2D eigenvalue weighted by atomic mass is 35.5. The molecule has 1 saturated carbocycles. The first-order chi connectivity index (χ1) is 8.26. The number of nitrogens with zero attached hydrogens (tertiary/aromatic N) is 2. The first-order valence-corrected chi connectivity index (χ1v) is 6.43. The molecule has 1 aromatic heterocycles. The van der Waals surface area contributed by atoms with Gasteiger partial charge in [0.15, 0.2) is 0 Å². The van der Waals surface area contributed by atoms with Gasteiger partial charge in [-0.2, -0.15) is 0 Å². The van der Waals surface area contributed by atoms with Crippen LogP contribution >= 0.6 is 11.6 Å². The van der Waals surface area contributed by atoms with Crippen LogP contribution in [0.3, 0.4) is 0 Å². The Morgan fingerprint density at radius 1 is 1.29 bits per heavy atom. The van der Waals surface area contributed by atoms with E-state index >= 15 is 0 Å². The van der Waals surface area contributed by atoms with Crippen molar-refractivity contribution in [1.29, 1.82) is 0 Å². The van der Waals surface area contributed by atoms with Gasteiger partial charge in [0.2, 0.25) is 0 Å². The zero-order chi connectivity index (χ0) is 12.1. The maximum atomic E-state index is 12.0. The molecule has 1 aromatic rings. The molecule has 0 saturated heterocycles. The van der Waals surface area contributed by atoms with Crippen LogP contribution in [-0.2, 0) is 0 Å². The minimum atomic E-state index is -0.243. The fraction of sp³-hybridized carbons (Fsp3) is 0.583. The predicted octanol–water partition coefficient (Wildman–Crippen LogP) is 2.15. The van der Waals surface area contributed by atoms with Gasteiger partial charge in [-0.05, 0) is 12.8 Å². The molecule has 17 heavy (non-hydrogen) atoms. The highest BCUT2D eigenvalue weighted by molar-refractivity contribution is 6.19. The van der Waals surface area contributed by atoms with Crippen LogP contribution in [0, 0.1) is 0 Å². The molecule has 5 heteroatoms. The van der Waals surface area contributed by atoms with E-state index in [0.717, 1.165) is 25.7 Å². The van der Waals surface area contributed by atoms with Crippen molar-refractivity contribution in [3.63, 3.8) is 0 Å². The third kappa shape index (κ3) is 2.94. The molecule has 4 nitrogen and oxygen atoms in total. The molecule has 92 valence electrons. The summed E-state index contributed by atoms with van der Waals surface area (Å²) in [7, 11) is 0. The molecular formula is C12H16ClN3O. The Kier molecular flexibility index (Phi) is 3.94. The van der Waals surface area contributed by atoms with E-state index in [0.29, 0.717) is 11.4 Å². The molecule has 0 spiro atoms. The second-order valence-electron chi connectivity index (χ2n) is 4.56. The van der Waals surface area contributed by atoms with Crippen molar-refractivity contribution in [2.45, 2.75) is 37.6 Å². The topological polar surface area (TPSA) is 54.9 Å². The van der Waals surface area contributed by atoms with E-state index in [9.17, 15) is 4.79 Å². The Labute approximate surface area is 106 Å². The van der Waals surface area contributed by atoms with Crippen LogP contribution in [0.1, 0.15) is 42.5 Å². The second kappa shape index (κ2) is 5.45. The Morgan fingerprint density at radius 2 is 1.94 bits per heavy atom. The van der Waals surface area contributed by atoms with Crippen LogP contribution in [0.25, 0.3) is 0 Å². The van der Waals surface area contributed by atoms with Gasteiger partial charge in [-0.15, -0.1) is 11.6 Å². The van der Waals surface area contributed by atoms with Crippen LogP contribution in [0.4, 0.5) is 0 Å². The summed E-state index contributed by atoms with van der Waals surface area (Å²) in [5, 5.41) is 3.05. The smallest absolute Gasteiger partial charge is 0.254 e. The van der Waals surface area contributed by atoms with Crippen molar-refractivity contribution in [2.75, 3.05) is 5.88 Å². The quantitative estimate of drug-likeness (QED) is 0.840. The highest BCUT2D eigenvalue weighted by Gasteiger charge is 2.32. The Bertz CT molecular complexity index is 377. The fourth-order valence-corrected chi connectivity index (χ4v) is 2.58. The van der Waals surface area contributed by atoms with Crippen molar-refractivity contribution in [3.8, 4) is 0 Å². The molecule has 0 atom stereocenters. The molecule has 1 amide bonds. The number of carbonyl (C=O) groups is 1. The molecule has 0 radical (unpaired) electrons. The van der Waals surface area contributed by atoms with Crippen molar-refractivity contribution in [3.05, 3.63) is 24.3 Å². The third-order valence-corrected chi connectivity index (χ3v) is 3.78. The summed E-state index contributed by atoms with van der Waals surface area (Å²) in [5.41, 5.74) is 0.245. The lowest BCUT2D eigenvalue weighted by Crippen LogP contribution is -2.51. The van der Waals surface area contributed by atoms with Crippen LogP contribution < -0.4 is 5.32 Å². The molecule has 0 aromatic carbocycles. The van der Waals surface area contributed by atoms with E-state index in [2.05, 4.69) is 15.3 Å². The number of alkyl halides is 1. The molecule has 2 rings (SSSR count). The molecule has 0 aliphatic heterocycles. The summed E-state index contributed by atoms with van der Waals surface area (Å²) in [6, 6.07) is 0. The summed E-state index contributed by atoms with van der Waals surface area (Å²) in [4.78, 5) is 19.7. The zero-order valence-corrected chi connectivity index (χ0v) is 10.4. The summed E-state index contributed by atoms with van der Waals surface area (Å²) in [6.45, 7) is 0. The van der Waals surface area contributed by atoms with E-state index in [1.165, 1.54) is 25.1 Å². The first-order valence-electron chi connectivity index (χ1n) is 5.89. The molecular weight excluding hydrogens is 238 g/mol. The molecule has 1 N–H and O–H groups in total. The summed E-state index contributed by atoms with van der Waals surface area (Å²) in [5.74, 6) is 0.333. The SMILES string of the molecule is O=C(NC1(CCl)CCCCC1)c1cncnc1. The summed E-state index contributed by atoms with van der Waals surface area (Å²) >= 11 is 6.02. The van der Waals surface area contributed by atoms with Gasteiger partial charge in [-0.25, -0.2) is 9.97 Å². The lowest BCUT2D eigenvalue weighted by atomic mass is 9.83.